The number of carbonyl (C=O) groups excluding carboxylic acids is 3. The second-order valence-corrected chi connectivity index (χ2v) is 6.37. The molecule has 1 aliphatic carbocycles. The molecule has 1 aromatic rings. The van der Waals surface area contributed by atoms with E-state index < -0.39 is 17.9 Å². The Balaban J connectivity index is 2.23. The zero-order chi connectivity index (χ0) is 17.9. The van der Waals surface area contributed by atoms with Gasteiger partial charge in [0.05, 0.1) is 13.7 Å². The van der Waals surface area contributed by atoms with Gasteiger partial charge in [0.25, 0.3) is 0 Å². The maximum absolute atomic E-state index is 12.7. The zero-order valence-corrected chi connectivity index (χ0v) is 14.7. The summed E-state index contributed by atoms with van der Waals surface area (Å²) in [6, 6.07) is 0. The summed E-state index contributed by atoms with van der Waals surface area (Å²) in [5.74, 6) is -2.25. The smallest absolute Gasteiger partial charge is 0.355 e. The number of fused-ring (bicyclic) bond motifs is 1. The molecule has 2 atom stereocenters. The molecule has 132 valence electrons. The standard InChI is InChI=1S/C18H25NO5/c1-5-6-7-8-24-18(22)15-11(3)14-12(19-15)9-10(2)13(16(14)20)17(21)23-4/h10,13,19H,5-9H2,1-4H3/t10-,13-/m0/s1. The van der Waals surface area contributed by atoms with Crippen molar-refractivity contribution in [3.05, 3.63) is 22.5 Å². The van der Waals surface area contributed by atoms with Gasteiger partial charge in [0.15, 0.2) is 5.78 Å². The van der Waals surface area contributed by atoms with Crippen LogP contribution in [0.15, 0.2) is 0 Å². The van der Waals surface area contributed by atoms with E-state index in [1.54, 1.807) is 6.92 Å². The summed E-state index contributed by atoms with van der Waals surface area (Å²) in [5, 5.41) is 0. The van der Waals surface area contributed by atoms with Crippen LogP contribution in [0.5, 0.6) is 0 Å². The Morgan fingerprint density at radius 1 is 1.29 bits per heavy atom. The van der Waals surface area contributed by atoms with Crippen LogP contribution in [0.1, 0.15) is 65.2 Å². The van der Waals surface area contributed by atoms with Crippen LogP contribution in [-0.4, -0.2) is 36.4 Å². The van der Waals surface area contributed by atoms with Gasteiger partial charge in [-0.1, -0.05) is 26.7 Å². The topological polar surface area (TPSA) is 85.5 Å². The van der Waals surface area contributed by atoms with Gasteiger partial charge in [-0.3, -0.25) is 9.59 Å². The zero-order valence-electron chi connectivity index (χ0n) is 14.7. The molecule has 0 aliphatic heterocycles. The van der Waals surface area contributed by atoms with Gasteiger partial charge in [-0.25, -0.2) is 4.79 Å². The lowest BCUT2D eigenvalue weighted by Gasteiger charge is -2.25. The van der Waals surface area contributed by atoms with Crippen molar-refractivity contribution in [1.29, 1.82) is 0 Å². The van der Waals surface area contributed by atoms with Gasteiger partial charge < -0.3 is 14.5 Å². The van der Waals surface area contributed by atoms with E-state index in [0.29, 0.717) is 35.5 Å². The highest BCUT2D eigenvalue weighted by atomic mass is 16.5. The van der Waals surface area contributed by atoms with Crippen molar-refractivity contribution in [2.24, 2.45) is 11.8 Å². The maximum Gasteiger partial charge on any atom is 0.355 e. The lowest BCUT2D eigenvalue weighted by molar-refractivity contribution is -0.145. The van der Waals surface area contributed by atoms with Gasteiger partial charge in [-0.05, 0) is 31.2 Å². The number of unbranched alkanes of at least 4 members (excludes halogenated alkanes) is 2. The average Bonchev–Trinajstić information content (AvgIpc) is 2.87. The van der Waals surface area contributed by atoms with Crippen LogP contribution in [0.25, 0.3) is 0 Å². The van der Waals surface area contributed by atoms with E-state index in [0.717, 1.165) is 19.3 Å². The third-order valence-electron chi connectivity index (χ3n) is 4.59. The third kappa shape index (κ3) is 3.37. The maximum atomic E-state index is 12.7. The summed E-state index contributed by atoms with van der Waals surface area (Å²) in [5.41, 5.74) is 1.99. The number of esters is 2. The van der Waals surface area contributed by atoms with Crippen molar-refractivity contribution in [2.45, 2.75) is 46.5 Å². The van der Waals surface area contributed by atoms with E-state index in [4.69, 9.17) is 9.47 Å². The summed E-state index contributed by atoms with van der Waals surface area (Å²) in [4.78, 5) is 39.9. The molecule has 0 saturated carbocycles. The molecule has 6 heteroatoms. The van der Waals surface area contributed by atoms with Crippen molar-refractivity contribution in [1.82, 2.24) is 4.98 Å². The van der Waals surface area contributed by atoms with Crippen LogP contribution in [-0.2, 0) is 20.7 Å². The van der Waals surface area contributed by atoms with E-state index in [1.807, 2.05) is 6.92 Å². The Morgan fingerprint density at radius 2 is 2.00 bits per heavy atom. The monoisotopic (exact) mass is 335 g/mol. The van der Waals surface area contributed by atoms with Gasteiger partial charge in [0.2, 0.25) is 0 Å². The molecule has 0 saturated heterocycles. The minimum absolute atomic E-state index is 0.177. The van der Waals surface area contributed by atoms with Crippen molar-refractivity contribution in [3.63, 3.8) is 0 Å². The largest absolute Gasteiger partial charge is 0.468 e. The Kier molecular flexibility index (Phi) is 5.80. The molecule has 1 heterocycles. The van der Waals surface area contributed by atoms with Gasteiger partial charge in [0, 0.05) is 11.3 Å². The fraction of sp³-hybridized carbons (Fsp3) is 0.611. The van der Waals surface area contributed by atoms with Crippen LogP contribution in [0, 0.1) is 18.8 Å². The van der Waals surface area contributed by atoms with Gasteiger partial charge in [-0.2, -0.15) is 0 Å². The molecule has 0 aromatic carbocycles. The molecular formula is C18H25NO5. The Bertz CT molecular complexity index is 646. The number of aromatic amines is 1. The first-order chi connectivity index (χ1) is 11.4. The van der Waals surface area contributed by atoms with Crippen LogP contribution >= 0.6 is 0 Å². The molecule has 0 radical (unpaired) electrons. The number of ketones is 1. The summed E-state index contributed by atoms with van der Waals surface area (Å²) in [6.45, 7) is 5.99. The summed E-state index contributed by atoms with van der Waals surface area (Å²) in [6.07, 6.45) is 3.39. The first-order valence-corrected chi connectivity index (χ1v) is 8.42. The van der Waals surface area contributed by atoms with Crippen LogP contribution in [0.4, 0.5) is 0 Å². The van der Waals surface area contributed by atoms with Gasteiger partial charge >= 0.3 is 11.9 Å². The highest BCUT2D eigenvalue weighted by Crippen LogP contribution is 2.34. The summed E-state index contributed by atoms with van der Waals surface area (Å²) < 4.78 is 10.0. The van der Waals surface area contributed by atoms with E-state index in [9.17, 15) is 14.4 Å². The lowest BCUT2D eigenvalue weighted by Crippen LogP contribution is -2.36. The van der Waals surface area contributed by atoms with Gasteiger partial charge in [-0.15, -0.1) is 0 Å². The Hall–Kier alpha value is -2.11. The second kappa shape index (κ2) is 7.64. The first kappa shape index (κ1) is 18.2. The number of hydrogen-bond acceptors (Lipinski definition) is 5. The minimum Gasteiger partial charge on any atom is -0.468 e. The molecule has 0 amide bonds. The molecule has 24 heavy (non-hydrogen) atoms. The molecule has 1 N–H and O–H groups in total. The molecule has 0 spiro atoms. The average molecular weight is 335 g/mol. The normalized spacial score (nSPS) is 19.8. The molecule has 1 aliphatic rings. The molecular weight excluding hydrogens is 310 g/mol. The minimum atomic E-state index is -0.814. The Labute approximate surface area is 141 Å². The Morgan fingerprint density at radius 3 is 2.62 bits per heavy atom. The predicted octanol–water partition coefficient (Wildman–Crippen LogP) is 2.83. The van der Waals surface area contributed by atoms with Crippen LogP contribution in [0.2, 0.25) is 0 Å². The predicted molar refractivity (Wildman–Crippen MR) is 88.0 cm³/mol. The number of H-pyrrole nitrogens is 1. The molecule has 0 bridgehead atoms. The lowest BCUT2D eigenvalue weighted by atomic mass is 9.77. The number of rotatable bonds is 6. The van der Waals surface area contributed by atoms with E-state index >= 15 is 0 Å². The highest BCUT2D eigenvalue weighted by Gasteiger charge is 2.41. The number of carbonyl (C=O) groups is 3. The van der Waals surface area contributed by atoms with Crippen molar-refractivity contribution >= 4 is 17.7 Å². The van der Waals surface area contributed by atoms with Crippen molar-refractivity contribution < 1.29 is 23.9 Å². The molecule has 0 unspecified atom stereocenters. The quantitative estimate of drug-likeness (QED) is 0.491. The number of Topliss-reactive ketones (excluding diaryl/α,β-unsaturated/α-hetero) is 1. The number of ether oxygens (including phenoxy) is 2. The number of nitrogens with one attached hydrogen (secondary N) is 1. The highest BCUT2D eigenvalue weighted by molar-refractivity contribution is 6.12. The van der Waals surface area contributed by atoms with Crippen LogP contribution < -0.4 is 0 Å². The summed E-state index contributed by atoms with van der Waals surface area (Å²) in [7, 11) is 1.28. The molecule has 6 nitrogen and oxygen atoms in total. The van der Waals surface area contributed by atoms with Crippen molar-refractivity contribution in [3.8, 4) is 0 Å². The van der Waals surface area contributed by atoms with Crippen LogP contribution in [0.3, 0.4) is 0 Å². The third-order valence-corrected chi connectivity index (χ3v) is 4.59. The van der Waals surface area contributed by atoms with Gasteiger partial charge in [0.1, 0.15) is 11.6 Å². The molecule has 2 rings (SSSR count). The second-order valence-electron chi connectivity index (χ2n) is 6.37. The molecule has 0 fully saturated rings. The van der Waals surface area contributed by atoms with E-state index in [-0.39, 0.29) is 11.7 Å². The fourth-order valence-corrected chi connectivity index (χ4v) is 3.26. The number of hydrogen-bond donors (Lipinski definition) is 1. The summed E-state index contributed by atoms with van der Waals surface area (Å²) >= 11 is 0. The SMILES string of the molecule is CCCCCOC(=O)c1[nH]c2c(c1C)C(=O)[C@@H](C(=O)OC)[C@@H](C)C2. The fourth-order valence-electron chi connectivity index (χ4n) is 3.26. The molecule has 1 aromatic heterocycles. The van der Waals surface area contributed by atoms with E-state index in [2.05, 4.69) is 11.9 Å². The number of aromatic nitrogens is 1. The van der Waals surface area contributed by atoms with Crippen molar-refractivity contribution in [2.75, 3.05) is 13.7 Å². The number of methoxy groups -OCH3 is 1. The van der Waals surface area contributed by atoms with E-state index in [1.165, 1.54) is 7.11 Å². The first-order valence-electron chi connectivity index (χ1n) is 8.42.